The molecule has 1 aliphatic carbocycles. The van der Waals surface area contributed by atoms with Gasteiger partial charge >= 0.3 is 0 Å². The molecule has 0 N–H and O–H groups in total. The lowest BCUT2D eigenvalue weighted by molar-refractivity contribution is 0.206. The van der Waals surface area contributed by atoms with E-state index in [2.05, 4.69) is 71.9 Å². The van der Waals surface area contributed by atoms with E-state index >= 15 is 0 Å². The molecule has 172 valence electrons. The Balaban J connectivity index is 1.56. The van der Waals surface area contributed by atoms with Crippen molar-refractivity contribution in [3.8, 4) is 0 Å². The molecule has 0 saturated carbocycles. The van der Waals surface area contributed by atoms with Crippen LogP contribution in [0.15, 0.2) is 55.2 Å². The average Bonchev–Trinajstić information content (AvgIpc) is 3.32. The zero-order valence-corrected chi connectivity index (χ0v) is 20.6. The SMILES string of the molecule is CN1CCC(C2c3ccc(Cl)cc3C=C(CCC(C)(C)n3ccnc3)c3cccnc32)CC1. The topological polar surface area (TPSA) is 34.0 Å². The van der Waals surface area contributed by atoms with Crippen molar-refractivity contribution in [2.24, 2.45) is 5.92 Å². The van der Waals surface area contributed by atoms with Gasteiger partial charge in [-0.25, -0.2) is 4.98 Å². The van der Waals surface area contributed by atoms with Crippen LogP contribution in [0.1, 0.15) is 67.8 Å². The number of hydrogen-bond acceptors (Lipinski definition) is 3. The van der Waals surface area contributed by atoms with Crippen LogP contribution in [0.25, 0.3) is 11.6 Å². The highest BCUT2D eigenvalue weighted by Gasteiger charge is 2.34. The molecule has 0 bridgehead atoms. The normalized spacial score (nSPS) is 19.5. The summed E-state index contributed by atoms with van der Waals surface area (Å²) in [6.45, 7) is 6.85. The van der Waals surface area contributed by atoms with Gasteiger partial charge in [0, 0.05) is 35.1 Å². The van der Waals surface area contributed by atoms with E-state index in [9.17, 15) is 0 Å². The van der Waals surface area contributed by atoms with Gasteiger partial charge in [0.1, 0.15) is 0 Å². The molecule has 1 unspecified atom stereocenters. The summed E-state index contributed by atoms with van der Waals surface area (Å²) in [6.07, 6.45) is 14.6. The van der Waals surface area contributed by atoms with E-state index in [0.717, 1.165) is 31.0 Å². The Bertz CT molecular complexity index is 1140. The average molecular weight is 461 g/mol. The zero-order chi connectivity index (χ0) is 23.0. The lowest BCUT2D eigenvalue weighted by atomic mass is 9.76. The standard InChI is InChI=1S/C28H33ClN4/c1-28(2,33-16-13-30-19-33)11-8-21-17-22-18-23(29)6-7-24(22)26(20-9-14-32(3)15-10-20)27-25(21)5-4-12-31-27/h4-7,12-13,16-20,26H,8-11,14-15H2,1-3H3. The number of likely N-dealkylation sites (tertiary alicyclic amines) is 1. The van der Waals surface area contributed by atoms with E-state index in [-0.39, 0.29) is 5.54 Å². The third-order valence-corrected chi connectivity index (χ3v) is 7.87. The van der Waals surface area contributed by atoms with Crippen LogP contribution in [0, 0.1) is 5.92 Å². The molecule has 1 saturated heterocycles. The van der Waals surface area contributed by atoms with Crippen LogP contribution in [0.3, 0.4) is 0 Å². The molecule has 0 spiro atoms. The van der Waals surface area contributed by atoms with Gasteiger partial charge in [-0.2, -0.15) is 0 Å². The van der Waals surface area contributed by atoms with Crippen LogP contribution in [0.5, 0.6) is 0 Å². The fourth-order valence-electron chi connectivity index (χ4n) is 5.54. The first-order valence-electron chi connectivity index (χ1n) is 12.0. The first kappa shape index (κ1) is 22.4. The second-order valence-electron chi connectivity index (χ2n) is 10.3. The van der Waals surface area contributed by atoms with Crippen molar-refractivity contribution in [2.75, 3.05) is 20.1 Å². The maximum absolute atomic E-state index is 6.50. The zero-order valence-electron chi connectivity index (χ0n) is 19.8. The number of allylic oxidation sites excluding steroid dienone is 1. The van der Waals surface area contributed by atoms with E-state index in [0.29, 0.717) is 11.8 Å². The summed E-state index contributed by atoms with van der Waals surface area (Å²) in [7, 11) is 2.23. The Labute approximate surface area is 202 Å². The predicted octanol–water partition coefficient (Wildman–Crippen LogP) is 6.47. The van der Waals surface area contributed by atoms with Gasteiger partial charge in [0.05, 0.1) is 12.0 Å². The molecule has 1 aromatic carbocycles. The number of piperidine rings is 1. The molecule has 0 amide bonds. The van der Waals surface area contributed by atoms with Gasteiger partial charge in [-0.15, -0.1) is 0 Å². The van der Waals surface area contributed by atoms with E-state index in [1.165, 1.54) is 40.8 Å². The summed E-state index contributed by atoms with van der Waals surface area (Å²) in [5.41, 5.74) is 6.49. The summed E-state index contributed by atoms with van der Waals surface area (Å²) in [5.74, 6) is 0.891. The number of hydrogen-bond donors (Lipinski definition) is 0. The van der Waals surface area contributed by atoms with Gasteiger partial charge in [0.25, 0.3) is 0 Å². The highest BCUT2D eigenvalue weighted by Crippen LogP contribution is 2.45. The van der Waals surface area contributed by atoms with Crippen molar-refractivity contribution in [3.63, 3.8) is 0 Å². The van der Waals surface area contributed by atoms with E-state index < -0.39 is 0 Å². The molecule has 0 radical (unpaired) electrons. The fraction of sp³-hybridized carbons (Fsp3) is 0.429. The Morgan fingerprint density at radius 3 is 2.70 bits per heavy atom. The van der Waals surface area contributed by atoms with E-state index in [4.69, 9.17) is 16.6 Å². The molecule has 33 heavy (non-hydrogen) atoms. The lowest BCUT2D eigenvalue weighted by Gasteiger charge is -2.35. The molecule has 4 nitrogen and oxygen atoms in total. The van der Waals surface area contributed by atoms with Gasteiger partial charge < -0.3 is 9.47 Å². The highest BCUT2D eigenvalue weighted by molar-refractivity contribution is 6.30. The summed E-state index contributed by atoms with van der Waals surface area (Å²) in [5, 5.41) is 0.795. The number of pyridine rings is 1. The largest absolute Gasteiger partial charge is 0.332 e. The minimum absolute atomic E-state index is 0.0173. The maximum Gasteiger partial charge on any atom is 0.0950 e. The Morgan fingerprint density at radius 1 is 1.12 bits per heavy atom. The molecule has 5 heteroatoms. The maximum atomic E-state index is 6.50. The van der Waals surface area contributed by atoms with Crippen molar-refractivity contribution >= 4 is 23.3 Å². The number of fused-ring (bicyclic) bond motifs is 2. The minimum atomic E-state index is -0.0173. The fourth-order valence-corrected chi connectivity index (χ4v) is 5.72. The number of benzene rings is 1. The summed E-state index contributed by atoms with van der Waals surface area (Å²) < 4.78 is 2.21. The van der Waals surface area contributed by atoms with Crippen LogP contribution in [0.4, 0.5) is 0 Å². The molecule has 1 fully saturated rings. The highest BCUT2D eigenvalue weighted by atomic mass is 35.5. The van der Waals surface area contributed by atoms with Gasteiger partial charge in [-0.1, -0.05) is 29.8 Å². The van der Waals surface area contributed by atoms with Gasteiger partial charge in [0.2, 0.25) is 0 Å². The van der Waals surface area contributed by atoms with E-state index in [1.807, 2.05) is 24.8 Å². The third kappa shape index (κ3) is 4.51. The second-order valence-corrected chi connectivity index (χ2v) is 10.7. The second kappa shape index (κ2) is 9.08. The molecule has 5 rings (SSSR count). The van der Waals surface area contributed by atoms with Crippen molar-refractivity contribution in [3.05, 3.63) is 82.7 Å². The van der Waals surface area contributed by atoms with Crippen molar-refractivity contribution in [1.82, 2.24) is 19.4 Å². The Morgan fingerprint density at radius 2 is 1.94 bits per heavy atom. The van der Waals surface area contributed by atoms with Crippen LogP contribution in [0.2, 0.25) is 5.02 Å². The molecule has 3 heterocycles. The minimum Gasteiger partial charge on any atom is -0.332 e. The monoisotopic (exact) mass is 460 g/mol. The number of aromatic nitrogens is 3. The van der Waals surface area contributed by atoms with Crippen LogP contribution < -0.4 is 0 Å². The van der Waals surface area contributed by atoms with Gasteiger partial charge in [0.15, 0.2) is 0 Å². The van der Waals surface area contributed by atoms with Crippen LogP contribution in [-0.2, 0) is 5.54 Å². The first-order chi connectivity index (χ1) is 15.9. The quantitative estimate of drug-likeness (QED) is 0.437. The van der Waals surface area contributed by atoms with Gasteiger partial charge in [-0.05, 0) is 106 Å². The molecule has 1 aliphatic heterocycles. The number of rotatable bonds is 5. The Hall–Kier alpha value is -2.43. The van der Waals surface area contributed by atoms with E-state index in [1.54, 1.807) is 0 Å². The van der Waals surface area contributed by atoms with Crippen molar-refractivity contribution in [1.29, 1.82) is 0 Å². The lowest BCUT2D eigenvalue weighted by Crippen LogP contribution is -2.33. The summed E-state index contributed by atoms with van der Waals surface area (Å²) in [4.78, 5) is 11.7. The van der Waals surface area contributed by atoms with Crippen molar-refractivity contribution in [2.45, 2.75) is 51.0 Å². The van der Waals surface area contributed by atoms with Gasteiger partial charge in [-0.3, -0.25) is 4.98 Å². The number of halogens is 1. The van der Waals surface area contributed by atoms with Crippen molar-refractivity contribution < 1.29 is 0 Å². The molecule has 2 aliphatic rings. The summed E-state index contributed by atoms with van der Waals surface area (Å²) >= 11 is 6.50. The first-order valence-corrected chi connectivity index (χ1v) is 12.4. The molecule has 1 atom stereocenters. The third-order valence-electron chi connectivity index (χ3n) is 7.64. The molecular formula is C28H33ClN4. The number of imidazole rings is 1. The molecular weight excluding hydrogens is 428 g/mol. The predicted molar refractivity (Wildman–Crippen MR) is 136 cm³/mol. The summed E-state index contributed by atoms with van der Waals surface area (Å²) in [6, 6.07) is 10.8. The molecule has 3 aromatic rings. The van der Waals surface area contributed by atoms with Crippen LogP contribution >= 0.6 is 11.6 Å². The molecule has 2 aromatic heterocycles. The smallest absolute Gasteiger partial charge is 0.0950 e. The number of nitrogens with zero attached hydrogens (tertiary/aromatic N) is 4. The van der Waals surface area contributed by atoms with Crippen LogP contribution in [-0.4, -0.2) is 39.6 Å². The Kier molecular flexibility index (Phi) is 6.15.